The first-order valence-electron chi connectivity index (χ1n) is 8.92. The lowest BCUT2D eigenvalue weighted by molar-refractivity contribution is 0.0698. The van der Waals surface area contributed by atoms with E-state index in [2.05, 4.69) is 10.3 Å². The summed E-state index contributed by atoms with van der Waals surface area (Å²) in [6.45, 7) is 0. The van der Waals surface area contributed by atoms with Gasteiger partial charge in [0, 0.05) is 22.2 Å². The van der Waals surface area contributed by atoms with Crippen molar-refractivity contribution < 1.29 is 14.7 Å². The summed E-state index contributed by atoms with van der Waals surface area (Å²) in [6, 6.07) is 18.8. The van der Waals surface area contributed by atoms with Gasteiger partial charge in [-0.1, -0.05) is 53.5 Å². The van der Waals surface area contributed by atoms with Crippen LogP contribution in [-0.2, 0) is 0 Å². The number of nitrogens with one attached hydrogen (secondary N) is 1. The molecule has 1 amide bonds. The third-order valence-corrected chi connectivity index (χ3v) is 5.17. The van der Waals surface area contributed by atoms with E-state index in [1.54, 1.807) is 18.3 Å². The lowest BCUT2D eigenvalue weighted by atomic mass is 9.99. The predicted octanol–water partition coefficient (Wildman–Crippen LogP) is 6.16. The summed E-state index contributed by atoms with van der Waals surface area (Å²) in [5.41, 5.74) is 2.56. The van der Waals surface area contributed by atoms with Gasteiger partial charge >= 0.3 is 5.97 Å². The number of benzene rings is 3. The Bertz CT molecular complexity index is 1300. The number of aromatic nitrogens is 1. The van der Waals surface area contributed by atoms with E-state index in [1.807, 2.05) is 30.3 Å². The van der Waals surface area contributed by atoms with Crippen LogP contribution in [0.5, 0.6) is 0 Å². The number of halogens is 2. The van der Waals surface area contributed by atoms with Gasteiger partial charge in [-0.05, 0) is 42.0 Å². The lowest BCUT2D eigenvalue weighted by Crippen LogP contribution is -2.15. The third-order valence-electron chi connectivity index (χ3n) is 4.62. The molecule has 30 heavy (non-hydrogen) atoms. The maximum Gasteiger partial charge on any atom is 0.337 e. The Kier molecular flexibility index (Phi) is 5.40. The molecule has 1 aromatic heterocycles. The number of carbonyl (C=O) groups excluding carboxylic acids is 1. The van der Waals surface area contributed by atoms with Crippen molar-refractivity contribution in [3.63, 3.8) is 0 Å². The lowest BCUT2D eigenvalue weighted by Gasteiger charge is -2.12. The monoisotopic (exact) mass is 436 g/mol. The molecule has 5 nitrogen and oxygen atoms in total. The fraction of sp³-hybridized carbons (Fsp3) is 0. The molecule has 7 heteroatoms. The minimum absolute atomic E-state index is 0.0427. The molecule has 0 aliphatic carbocycles. The van der Waals surface area contributed by atoms with Gasteiger partial charge < -0.3 is 10.4 Å². The van der Waals surface area contributed by atoms with E-state index >= 15 is 0 Å². The van der Waals surface area contributed by atoms with Crippen molar-refractivity contribution in [1.82, 2.24) is 4.98 Å². The highest BCUT2D eigenvalue weighted by atomic mass is 35.5. The summed E-state index contributed by atoms with van der Waals surface area (Å²) in [4.78, 5) is 28.9. The first-order chi connectivity index (χ1) is 14.4. The SMILES string of the molecule is O=C(Nc1ccc(-c2cccc3cccnc23)cc1C(=O)O)c1ccc(Cl)cc1Cl. The van der Waals surface area contributed by atoms with Gasteiger partial charge in [0.1, 0.15) is 0 Å². The van der Waals surface area contributed by atoms with E-state index in [9.17, 15) is 14.7 Å². The largest absolute Gasteiger partial charge is 0.478 e. The Balaban J connectivity index is 1.74. The molecule has 2 N–H and O–H groups in total. The number of carboxylic acid groups (broad SMARTS) is 1. The van der Waals surface area contributed by atoms with Crippen molar-refractivity contribution in [2.75, 3.05) is 5.32 Å². The van der Waals surface area contributed by atoms with Gasteiger partial charge in [-0.15, -0.1) is 0 Å². The molecule has 0 saturated heterocycles. The fourth-order valence-electron chi connectivity index (χ4n) is 3.20. The molecular weight excluding hydrogens is 423 g/mol. The first-order valence-corrected chi connectivity index (χ1v) is 9.67. The molecule has 0 unspecified atom stereocenters. The Morgan fingerprint density at radius 2 is 1.70 bits per heavy atom. The van der Waals surface area contributed by atoms with Crippen LogP contribution in [0.15, 0.2) is 72.9 Å². The maximum atomic E-state index is 12.6. The second kappa shape index (κ2) is 8.14. The van der Waals surface area contributed by atoms with Gasteiger partial charge in [-0.25, -0.2) is 4.79 Å². The second-order valence-electron chi connectivity index (χ2n) is 6.52. The Morgan fingerprint density at radius 1 is 0.900 bits per heavy atom. The molecule has 4 aromatic rings. The number of hydrogen-bond donors (Lipinski definition) is 2. The molecule has 148 valence electrons. The molecule has 0 saturated carbocycles. The van der Waals surface area contributed by atoms with Crippen LogP contribution in [0.25, 0.3) is 22.0 Å². The van der Waals surface area contributed by atoms with E-state index in [-0.39, 0.29) is 21.8 Å². The average molecular weight is 437 g/mol. The summed E-state index contributed by atoms with van der Waals surface area (Å²) in [5, 5.41) is 13.9. The first kappa shape index (κ1) is 19.9. The van der Waals surface area contributed by atoms with Crippen molar-refractivity contribution in [3.05, 3.63) is 94.1 Å². The van der Waals surface area contributed by atoms with E-state index in [1.165, 1.54) is 24.3 Å². The molecule has 3 aromatic carbocycles. The third kappa shape index (κ3) is 3.85. The number of rotatable bonds is 4. The van der Waals surface area contributed by atoms with Crippen LogP contribution in [0.4, 0.5) is 5.69 Å². The number of carboxylic acids is 1. The molecule has 4 rings (SSSR count). The topological polar surface area (TPSA) is 79.3 Å². The van der Waals surface area contributed by atoms with Gasteiger partial charge in [-0.2, -0.15) is 0 Å². The van der Waals surface area contributed by atoms with Gasteiger partial charge in [-0.3, -0.25) is 9.78 Å². The van der Waals surface area contributed by atoms with Crippen molar-refractivity contribution in [2.45, 2.75) is 0 Å². The summed E-state index contributed by atoms with van der Waals surface area (Å²) in [5.74, 6) is -1.69. The number of aromatic carboxylic acids is 1. The van der Waals surface area contributed by atoms with Crippen LogP contribution in [0.1, 0.15) is 20.7 Å². The Hall–Kier alpha value is -3.41. The number of nitrogens with zero attached hydrogens (tertiary/aromatic N) is 1. The van der Waals surface area contributed by atoms with Crippen LogP contribution >= 0.6 is 23.2 Å². The number of anilines is 1. The van der Waals surface area contributed by atoms with Gasteiger partial charge in [0.25, 0.3) is 5.91 Å². The van der Waals surface area contributed by atoms with Gasteiger partial charge in [0.2, 0.25) is 0 Å². The number of carbonyl (C=O) groups is 2. The molecule has 0 spiro atoms. The summed E-state index contributed by atoms with van der Waals surface area (Å²) in [7, 11) is 0. The highest BCUT2D eigenvalue weighted by Gasteiger charge is 2.17. The molecule has 1 heterocycles. The molecule has 0 atom stereocenters. The molecule has 0 bridgehead atoms. The highest BCUT2D eigenvalue weighted by molar-refractivity contribution is 6.37. The van der Waals surface area contributed by atoms with E-state index in [0.717, 1.165) is 16.5 Å². The number of para-hydroxylation sites is 1. The smallest absolute Gasteiger partial charge is 0.337 e. The number of pyridine rings is 1. The quantitative estimate of drug-likeness (QED) is 0.401. The predicted molar refractivity (Wildman–Crippen MR) is 119 cm³/mol. The number of fused-ring (bicyclic) bond motifs is 1. The average Bonchev–Trinajstić information content (AvgIpc) is 2.73. The summed E-state index contributed by atoms with van der Waals surface area (Å²) < 4.78 is 0. The maximum absolute atomic E-state index is 12.6. The zero-order valence-electron chi connectivity index (χ0n) is 15.4. The van der Waals surface area contributed by atoms with Crippen LogP contribution < -0.4 is 5.32 Å². The molecule has 0 fully saturated rings. The zero-order chi connectivity index (χ0) is 21.3. The molecule has 0 aliphatic rings. The minimum atomic E-state index is -1.16. The van der Waals surface area contributed by atoms with Crippen LogP contribution in [0, 0.1) is 0 Å². The van der Waals surface area contributed by atoms with E-state index < -0.39 is 11.9 Å². The minimum Gasteiger partial charge on any atom is -0.478 e. The summed E-state index contributed by atoms with van der Waals surface area (Å²) in [6.07, 6.45) is 1.69. The van der Waals surface area contributed by atoms with Crippen LogP contribution in [0.2, 0.25) is 10.0 Å². The normalized spacial score (nSPS) is 10.7. The van der Waals surface area contributed by atoms with Crippen molar-refractivity contribution in [2.24, 2.45) is 0 Å². The van der Waals surface area contributed by atoms with Crippen molar-refractivity contribution >= 4 is 51.7 Å². The molecular formula is C23H14Cl2N2O3. The van der Waals surface area contributed by atoms with Crippen molar-refractivity contribution in [1.29, 1.82) is 0 Å². The molecule has 0 aliphatic heterocycles. The zero-order valence-corrected chi connectivity index (χ0v) is 16.9. The van der Waals surface area contributed by atoms with E-state index in [4.69, 9.17) is 23.2 Å². The van der Waals surface area contributed by atoms with Crippen LogP contribution in [0.3, 0.4) is 0 Å². The van der Waals surface area contributed by atoms with Crippen molar-refractivity contribution in [3.8, 4) is 11.1 Å². The second-order valence-corrected chi connectivity index (χ2v) is 7.37. The summed E-state index contributed by atoms with van der Waals surface area (Å²) >= 11 is 12.0. The van der Waals surface area contributed by atoms with E-state index in [0.29, 0.717) is 10.6 Å². The molecule has 0 radical (unpaired) electrons. The highest BCUT2D eigenvalue weighted by Crippen LogP contribution is 2.31. The van der Waals surface area contributed by atoms with Crippen LogP contribution in [-0.4, -0.2) is 22.0 Å². The fourth-order valence-corrected chi connectivity index (χ4v) is 3.69. The Morgan fingerprint density at radius 3 is 2.47 bits per heavy atom. The van der Waals surface area contributed by atoms with Gasteiger partial charge in [0.15, 0.2) is 0 Å². The standard InChI is InChI=1S/C23H14Cl2N2O3/c24-15-7-8-17(19(25)12-15)22(28)27-20-9-6-14(11-18(20)23(29)30)16-5-1-3-13-4-2-10-26-21(13)16/h1-12H,(H,27,28)(H,29,30). The number of amides is 1. The number of hydrogen-bond acceptors (Lipinski definition) is 3. The Labute approximate surface area is 181 Å². The van der Waals surface area contributed by atoms with Gasteiger partial charge in [0.05, 0.1) is 27.4 Å².